The Bertz CT molecular complexity index is 1280. The number of likely N-dealkylation sites (tertiary alicyclic amines) is 1. The van der Waals surface area contributed by atoms with Gasteiger partial charge in [0, 0.05) is 48.8 Å². The number of piperidine rings is 1. The molecule has 2 aromatic carbocycles. The van der Waals surface area contributed by atoms with Crippen molar-refractivity contribution in [2.45, 2.75) is 23.3 Å². The number of hydrogen-bond donors (Lipinski definition) is 1. The molecule has 2 aliphatic heterocycles. The predicted octanol–water partition coefficient (Wildman–Crippen LogP) is 3.63. The number of hydrogen-bond acceptors (Lipinski definition) is 5. The number of thiol groups is 1. The van der Waals surface area contributed by atoms with Crippen LogP contribution in [-0.4, -0.2) is 44.0 Å². The molecule has 0 bridgehead atoms. The van der Waals surface area contributed by atoms with E-state index in [0.29, 0.717) is 36.5 Å². The summed E-state index contributed by atoms with van der Waals surface area (Å²) in [5.74, 6) is 0.735. The lowest BCUT2D eigenvalue weighted by atomic mass is 9.86. The van der Waals surface area contributed by atoms with Gasteiger partial charge in [-0.3, -0.25) is 4.79 Å². The molecular weight excluding hydrogens is 452 g/mol. The van der Waals surface area contributed by atoms with Crippen LogP contribution in [0.1, 0.15) is 28.9 Å². The van der Waals surface area contributed by atoms with Crippen molar-refractivity contribution in [3.8, 4) is 17.2 Å². The number of halogens is 1. The molecule has 0 unspecified atom stereocenters. The van der Waals surface area contributed by atoms with E-state index in [0.717, 1.165) is 17.1 Å². The Morgan fingerprint density at radius 2 is 1.91 bits per heavy atom. The number of fused-ring (bicyclic) bond motifs is 4. The zero-order chi connectivity index (χ0) is 22.5. The van der Waals surface area contributed by atoms with Crippen LogP contribution in [0.4, 0.5) is 0 Å². The fourth-order valence-electron chi connectivity index (χ4n) is 4.57. The van der Waals surface area contributed by atoms with Gasteiger partial charge in [0.05, 0.1) is 18.5 Å². The molecule has 32 heavy (non-hydrogen) atoms. The quantitative estimate of drug-likeness (QED) is 0.589. The summed E-state index contributed by atoms with van der Waals surface area (Å²) in [6.45, 7) is 0.954. The van der Waals surface area contributed by atoms with E-state index in [1.807, 2.05) is 30.5 Å². The molecule has 3 aromatic rings. The minimum absolute atomic E-state index is 0.00348. The third-order valence-electron chi connectivity index (χ3n) is 6.18. The Balaban J connectivity index is 1.40. The van der Waals surface area contributed by atoms with E-state index in [-0.39, 0.29) is 16.6 Å². The van der Waals surface area contributed by atoms with Crippen LogP contribution in [0.2, 0.25) is 5.02 Å². The lowest BCUT2D eigenvalue weighted by molar-refractivity contribution is -0.00930. The Morgan fingerprint density at radius 3 is 2.62 bits per heavy atom. The van der Waals surface area contributed by atoms with E-state index in [1.54, 1.807) is 11.0 Å². The van der Waals surface area contributed by atoms with Crippen LogP contribution in [0.3, 0.4) is 0 Å². The molecule has 3 heterocycles. The van der Waals surface area contributed by atoms with Crippen molar-refractivity contribution in [1.82, 2.24) is 9.47 Å². The van der Waals surface area contributed by atoms with Crippen LogP contribution in [-0.2, 0) is 16.3 Å². The van der Waals surface area contributed by atoms with Crippen LogP contribution < -0.4 is 9.47 Å². The van der Waals surface area contributed by atoms with Gasteiger partial charge in [0.15, 0.2) is 16.3 Å². The fraction of sp³-hybridized carbons (Fsp3) is 0.261. The molecule has 1 spiro atoms. The summed E-state index contributed by atoms with van der Waals surface area (Å²) in [7, 11) is -1.48. The maximum absolute atomic E-state index is 13.1. The van der Waals surface area contributed by atoms with Crippen molar-refractivity contribution < 1.29 is 22.7 Å². The fourth-order valence-corrected chi connectivity index (χ4v) is 5.32. The lowest BCUT2D eigenvalue weighted by Crippen LogP contribution is -2.50. The van der Waals surface area contributed by atoms with Gasteiger partial charge in [0.1, 0.15) is 16.4 Å². The molecule has 1 saturated heterocycles. The lowest BCUT2D eigenvalue weighted by Gasteiger charge is -2.45. The number of rotatable bonds is 3. The summed E-state index contributed by atoms with van der Waals surface area (Å²) >= 11 is 6.20. The van der Waals surface area contributed by atoms with Crippen molar-refractivity contribution in [3.05, 3.63) is 71.0 Å². The van der Waals surface area contributed by atoms with Crippen molar-refractivity contribution in [2.75, 3.05) is 20.2 Å². The third-order valence-corrected chi connectivity index (χ3v) is 7.16. The molecule has 1 amide bonds. The Kier molecular flexibility index (Phi) is 5.14. The standard InChI is InChI=1S/C23H21ClN2O5S/c1-30-18-7-4-15(13-20(18)32(28)29)22(27)25-11-8-23(9-12-25)21-3-2-10-26(21)17-6-5-16(24)14-19(17)31-23/h2-7,10,13-14,32H,8-9,11-12H2,1H3. The maximum atomic E-state index is 13.1. The van der Waals surface area contributed by atoms with Crippen molar-refractivity contribution in [1.29, 1.82) is 0 Å². The first-order valence-corrected chi connectivity index (χ1v) is 11.8. The summed E-state index contributed by atoms with van der Waals surface area (Å²) in [6.07, 6.45) is 3.22. The minimum atomic E-state index is -2.88. The van der Waals surface area contributed by atoms with Gasteiger partial charge >= 0.3 is 0 Å². The van der Waals surface area contributed by atoms with Crippen molar-refractivity contribution in [3.63, 3.8) is 0 Å². The second-order valence-electron chi connectivity index (χ2n) is 7.91. The molecule has 0 N–H and O–H groups in total. The van der Waals surface area contributed by atoms with E-state index < -0.39 is 16.3 Å². The monoisotopic (exact) mass is 472 g/mol. The van der Waals surface area contributed by atoms with Gasteiger partial charge in [-0.1, -0.05) is 11.6 Å². The molecule has 0 atom stereocenters. The van der Waals surface area contributed by atoms with E-state index >= 15 is 0 Å². The summed E-state index contributed by atoms with van der Waals surface area (Å²) in [5, 5.41) is 0.606. The van der Waals surface area contributed by atoms with Gasteiger partial charge in [-0.15, -0.1) is 0 Å². The highest BCUT2D eigenvalue weighted by Crippen LogP contribution is 2.45. The van der Waals surface area contributed by atoms with Crippen LogP contribution in [0.25, 0.3) is 5.69 Å². The average molecular weight is 473 g/mol. The molecule has 0 radical (unpaired) electrons. The van der Waals surface area contributed by atoms with Crippen LogP contribution >= 0.6 is 11.6 Å². The van der Waals surface area contributed by atoms with Gasteiger partial charge in [0.2, 0.25) is 0 Å². The van der Waals surface area contributed by atoms with Crippen molar-refractivity contribution >= 4 is 28.2 Å². The van der Waals surface area contributed by atoms with Crippen LogP contribution in [0.5, 0.6) is 11.5 Å². The Hall–Kier alpha value is -2.97. The first-order chi connectivity index (χ1) is 15.4. The molecule has 1 fully saturated rings. The highest BCUT2D eigenvalue weighted by Gasteiger charge is 2.44. The van der Waals surface area contributed by atoms with E-state index in [1.165, 1.54) is 19.2 Å². The summed E-state index contributed by atoms with van der Waals surface area (Å²) in [6, 6.07) is 14.1. The molecule has 5 rings (SSSR count). The second kappa shape index (κ2) is 7.86. The normalized spacial score (nSPS) is 16.4. The van der Waals surface area contributed by atoms with E-state index in [4.69, 9.17) is 21.1 Å². The average Bonchev–Trinajstić information content (AvgIpc) is 3.30. The molecule has 0 saturated carbocycles. The molecule has 166 valence electrons. The number of ether oxygens (including phenoxy) is 2. The highest BCUT2D eigenvalue weighted by molar-refractivity contribution is 7.72. The SMILES string of the molecule is COc1ccc(C(=O)N2CCC3(CC2)Oc2cc(Cl)ccc2-n2cccc23)cc1[SH](=O)=O. The van der Waals surface area contributed by atoms with E-state index in [2.05, 4.69) is 10.6 Å². The Morgan fingerprint density at radius 1 is 1.12 bits per heavy atom. The molecule has 2 aliphatic rings. The van der Waals surface area contributed by atoms with Gasteiger partial charge < -0.3 is 18.9 Å². The van der Waals surface area contributed by atoms with Gasteiger partial charge in [-0.2, -0.15) is 0 Å². The molecule has 1 aromatic heterocycles. The third kappa shape index (κ3) is 3.34. The number of methoxy groups -OCH3 is 1. The predicted molar refractivity (Wildman–Crippen MR) is 120 cm³/mol. The largest absolute Gasteiger partial charge is 0.495 e. The molecule has 9 heteroatoms. The minimum Gasteiger partial charge on any atom is -0.495 e. The zero-order valence-corrected chi connectivity index (χ0v) is 18.9. The summed E-state index contributed by atoms with van der Waals surface area (Å²) < 4.78 is 36.8. The second-order valence-corrected chi connectivity index (χ2v) is 9.34. The van der Waals surface area contributed by atoms with E-state index in [9.17, 15) is 13.2 Å². The smallest absolute Gasteiger partial charge is 0.253 e. The first-order valence-electron chi connectivity index (χ1n) is 10.2. The maximum Gasteiger partial charge on any atom is 0.253 e. The van der Waals surface area contributed by atoms with Crippen molar-refractivity contribution in [2.24, 2.45) is 0 Å². The molecular formula is C23H21ClN2O5S. The highest BCUT2D eigenvalue weighted by atomic mass is 35.5. The van der Waals surface area contributed by atoms with Gasteiger partial charge in [0.25, 0.3) is 5.91 Å². The Labute approximate surface area is 192 Å². The number of amides is 1. The van der Waals surface area contributed by atoms with Gasteiger partial charge in [-0.05, 0) is 42.5 Å². The number of aromatic nitrogens is 1. The summed E-state index contributed by atoms with van der Waals surface area (Å²) in [5.41, 5.74) is 1.76. The first kappa shape index (κ1) is 20.9. The topological polar surface area (TPSA) is 77.8 Å². The van der Waals surface area contributed by atoms with Crippen LogP contribution in [0.15, 0.2) is 59.6 Å². The molecule has 7 nitrogen and oxygen atoms in total. The van der Waals surface area contributed by atoms with Crippen LogP contribution in [0, 0.1) is 0 Å². The summed E-state index contributed by atoms with van der Waals surface area (Å²) in [4.78, 5) is 14.8. The number of benzene rings is 2. The number of carbonyl (C=O) groups is 1. The number of nitrogens with zero attached hydrogens (tertiary/aromatic N) is 2. The number of carbonyl (C=O) groups excluding carboxylic acids is 1. The molecule has 0 aliphatic carbocycles. The van der Waals surface area contributed by atoms with Gasteiger partial charge in [-0.25, -0.2) is 8.42 Å². The zero-order valence-electron chi connectivity index (χ0n) is 17.3.